The minimum Gasteiger partial charge on any atom is -0.309 e. The Balaban J connectivity index is 1.36. The first-order valence-electron chi connectivity index (χ1n) is 13.3. The largest absolute Gasteiger partial charge is 0.309 e. The summed E-state index contributed by atoms with van der Waals surface area (Å²) in [6.07, 6.45) is 8.35. The van der Waals surface area contributed by atoms with Crippen LogP contribution >= 0.6 is 0 Å². The minimum absolute atomic E-state index is 0.109. The molecule has 0 saturated heterocycles. The molecular formula is C35H26N3+. The molecule has 3 heteroatoms. The summed E-state index contributed by atoms with van der Waals surface area (Å²) < 4.78 is 4.83. The van der Waals surface area contributed by atoms with Crippen LogP contribution in [0.15, 0.2) is 133 Å². The maximum Gasteiger partial charge on any atom is 0.213 e. The number of pyridine rings is 1. The lowest BCUT2D eigenvalue weighted by Gasteiger charge is -2.16. The van der Waals surface area contributed by atoms with Gasteiger partial charge in [0.25, 0.3) is 0 Å². The number of aliphatic imine (C=N–C) groups is 1. The molecule has 2 aliphatic rings. The highest BCUT2D eigenvalue weighted by Gasteiger charge is 2.39. The molecule has 0 saturated carbocycles. The van der Waals surface area contributed by atoms with E-state index in [2.05, 4.69) is 131 Å². The maximum absolute atomic E-state index is 4.77. The number of aromatic nitrogens is 2. The van der Waals surface area contributed by atoms with Crippen LogP contribution in [0.4, 0.5) is 0 Å². The van der Waals surface area contributed by atoms with Crippen molar-refractivity contribution in [1.29, 1.82) is 0 Å². The minimum atomic E-state index is 0.109. The lowest BCUT2D eigenvalue weighted by molar-refractivity contribution is -0.688. The summed E-state index contributed by atoms with van der Waals surface area (Å²) in [5, 5.41) is 2.57. The number of rotatable bonds is 3. The molecule has 0 fully saturated rings. The third kappa shape index (κ3) is 3.08. The summed E-state index contributed by atoms with van der Waals surface area (Å²) >= 11 is 0. The Morgan fingerprint density at radius 1 is 0.684 bits per heavy atom. The third-order valence-corrected chi connectivity index (χ3v) is 8.06. The van der Waals surface area contributed by atoms with Crippen molar-refractivity contribution in [3.8, 4) is 16.9 Å². The predicted octanol–water partition coefficient (Wildman–Crippen LogP) is 7.79. The maximum atomic E-state index is 4.77. The van der Waals surface area contributed by atoms with Crippen LogP contribution in [0.25, 0.3) is 38.8 Å². The van der Waals surface area contributed by atoms with Crippen molar-refractivity contribution in [2.75, 3.05) is 0 Å². The van der Waals surface area contributed by atoms with Crippen molar-refractivity contribution in [2.24, 2.45) is 4.99 Å². The standard InChI is InChI=1S/C35H26N3/c1-2-14-28(25(11-1)31-15-7-9-21-36-31)35-29-20-19-24(23-30(29)32-16-8-10-22-37(32)35)38-33-17-5-3-12-26(33)27-13-4-6-18-34(27)38/h1-6,8-14,16-23,35H,7,15H2/q+1/t35-/m1/s1. The number of benzene rings is 4. The van der Waals surface area contributed by atoms with Gasteiger partial charge in [-0.1, -0.05) is 66.7 Å². The molecule has 3 nitrogen and oxygen atoms in total. The van der Waals surface area contributed by atoms with Crippen LogP contribution in [0.5, 0.6) is 0 Å². The van der Waals surface area contributed by atoms with Crippen molar-refractivity contribution >= 4 is 27.5 Å². The molecule has 6 aromatic rings. The second kappa shape index (κ2) is 8.39. The van der Waals surface area contributed by atoms with Gasteiger partial charge in [-0.25, -0.2) is 0 Å². The Kier molecular flexibility index (Phi) is 4.71. The van der Waals surface area contributed by atoms with Gasteiger partial charge in [-0.05, 0) is 49.2 Å². The molecule has 2 aromatic heterocycles. The first-order chi connectivity index (χ1) is 18.9. The van der Waals surface area contributed by atoms with Crippen LogP contribution in [0, 0.1) is 0 Å². The van der Waals surface area contributed by atoms with Crippen LogP contribution in [0.1, 0.15) is 35.6 Å². The number of hydrogen-bond donors (Lipinski definition) is 0. The molecule has 2 aliphatic heterocycles. The van der Waals surface area contributed by atoms with E-state index >= 15 is 0 Å². The third-order valence-electron chi connectivity index (χ3n) is 8.06. The fourth-order valence-corrected chi connectivity index (χ4v) is 6.43. The van der Waals surface area contributed by atoms with Crippen molar-refractivity contribution in [1.82, 2.24) is 4.57 Å². The molecule has 1 atom stereocenters. The van der Waals surface area contributed by atoms with Gasteiger partial charge in [0.1, 0.15) is 0 Å². The SMILES string of the molecule is C1=CN=C(c2ccccc2[C@@H]2c3ccc(-n4c5ccccc5c5ccccc54)cc3-c3cccc[n+]32)CC1. The van der Waals surface area contributed by atoms with E-state index in [1.807, 2.05) is 6.20 Å². The Bertz CT molecular complexity index is 1890. The average molecular weight is 489 g/mol. The number of hydrogen-bond acceptors (Lipinski definition) is 1. The van der Waals surface area contributed by atoms with Gasteiger partial charge in [-0.3, -0.25) is 4.99 Å². The molecule has 0 bridgehead atoms. The molecule has 0 spiro atoms. The second-order valence-corrected chi connectivity index (χ2v) is 10.1. The molecule has 180 valence electrons. The molecule has 0 radical (unpaired) electrons. The van der Waals surface area contributed by atoms with E-state index in [1.165, 1.54) is 61.2 Å². The fourth-order valence-electron chi connectivity index (χ4n) is 6.43. The predicted molar refractivity (Wildman–Crippen MR) is 155 cm³/mol. The first-order valence-corrected chi connectivity index (χ1v) is 13.3. The van der Waals surface area contributed by atoms with Crippen LogP contribution in [-0.4, -0.2) is 10.3 Å². The summed E-state index contributed by atoms with van der Waals surface area (Å²) in [7, 11) is 0. The Morgan fingerprint density at radius 2 is 1.39 bits per heavy atom. The highest BCUT2D eigenvalue weighted by Crippen LogP contribution is 2.41. The molecular weight excluding hydrogens is 462 g/mol. The van der Waals surface area contributed by atoms with Gasteiger partial charge in [-0.15, -0.1) is 0 Å². The van der Waals surface area contributed by atoms with Gasteiger partial charge in [-0.2, -0.15) is 4.57 Å². The van der Waals surface area contributed by atoms with E-state index in [0.717, 1.165) is 12.8 Å². The van der Waals surface area contributed by atoms with Gasteiger partial charge in [0.15, 0.2) is 6.20 Å². The van der Waals surface area contributed by atoms with Crippen LogP contribution < -0.4 is 4.57 Å². The molecule has 0 aliphatic carbocycles. The van der Waals surface area contributed by atoms with Gasteiger partial charge in [0.05, 0.1) is 16.6 Å². The molecule has 4 heterocycles. The zero-order valence-corrected chi connectivity index (χ0v) is 21.0. The Hall–Kier alpha value is -4.76. The molecule has 8 rings (SSSR count). The lowest BCUT2D eigenvalue weighted by Crippen LogP contribution is -2.38. The van der Waals surface area contributed by atoms with Gasteiger partial charge >= 0.3 is 0 Å². The van der Waals surface area contributed by atoms with E-state index in [-0.39, 0.29) is 6.04 Å². The van der Waals surface area contributed by atoms with Gasteiger partial charge in [0, 0.05) is 57.2 Å². The second-order valence-electron chi connectivity index (χ2n) is 10.1. The molecule has 0 N–H and O–H groups in total. The highest BCUT2D eigenvalue weighted by atomic mass is 15.0. The first kappa shape index (κ1) is 21.3. The molecule has 38 heavy (non-hydrogen) atoms. The van der Waals surface area contributed by atoms with Crippen molar-refractivity contribution in [3.63, 3.8) is 0 Å². The van der Waals surface area contributed by atoms with E-state index in [0.29, 0.717) is 0 Å². The number of fused-ring (bicyclic) bond motifs is 6. The number of allylic oxidation sites excluding steroid dienone is 1. The van der Waals surface area contributed by atoms with Crippen LogP contribution in [0.3, 0.4) is 0 Å². The zero-order chi connectivity index (χ0) is 25.1. The quantitative estimate of drug-likeness (QED) is 0.226. The van der Waals surface area contributed by atoms with Crippen LogP contribution in [0.2, 0.25) is 0 Å². The zero-order valence-electron chi connectivity index (χ0n) is 21.0. The smallest absolute Gasteiger partial charge is 0.213 e. The average Bonchev–Trinajstić information content (AvgIpc) is 3.50. The highest BCUT2D eigenvalue weighted by molar-refractivity contribution is 6.09. The Labute approximate surface area is 221 Å². The molecule has 0 unspecified atom stereocenters. The number of para-hydroxylation sites is 2. The van der Waals surface area contributed by atoms with E-state index in [4.69, 9.17) is 4.99 Å². The van der Waals surface area contributed by atoms with Crippen molar-refractivity contribution in [2.45, 2.75) is 18.9 Å². The van der Waals surface area contributed by atoms with Crippen molar-refractivity contribution < 1.29 is 4.57 Å². The summed E-state index contributed by atoms with van der Waals surface area (Å²) in [6, 6.07) is 39.9. The summed E-state index contributed by atoms with van der Waals surface area (Å²) in [5.41, 5.74) is 11.3. The van der Waals surface area contributed by atoms with Crippen LogP contribution in [-0.2, 0) is 0 Å². The monoisotopic (exact) mass is 488 g/mol. The van der Waals surface area contributed by atoms with E-state index in [1.54, 1.807) is 0 Å². The summed E-state index contributed by atoms with van der Waals surface area (Å²) in [4.78, 5) is 4.77. The topological polar surface area (TPSA) is 21.2 Å². The lowest BCUT2D eigenvalue weighted by atomic mass is 9.90. The summed E-state index contributed by atoms with van der Waals surface area (Å²) in [6.45, 7) is 0. The fraction of sp³-hybridized carbons (Fsp3) is 0.0857. The normalized spacial score (nSPS) is 16.0. The Morgan fingerprint density at radius 3 is 2.18 bits per heavy atom. The van der Waals surface area contributed by atoms with Gasteiger partial charge < -0.3 is 4.57 Å². The molecule has 0 amide bonds. The summed E-state index contributed by atoms with van der Waals surface area (Å²) in [5.74, 6) is 0. The van der Waals surface area contributed by atoms with Crippen molar-refractivity contribution in [3.05, 3.63) is 144 Å². The van der Waals surface area contributed by atoms with E-state index < -0.39 is 0 Å². The van der Waals surface area contributed by atoms with E-state index in [9.17, 15) is 0 Å². The van der Waals surface area contributed by atoms with Gasteiger partial charge in [0.2, 0.25) is 11.7 Å². The number of nitrogens with zero attached hydrogens (tertiary/aromatic N) is 3. The molecule has 4 aromatic carbocycles.